The Morgan fingerprint density at radius 3 is 2.40 bits per heavy atom. The van der Waals surface area contributed by atoms with Gasteiger partial charge in [0, 0.05) is 26.8 Å². The van der Waals surface area contributed by atoms with E-state index in [0.717, 1.165) is 0 Å². The highest BCUT2D eigenvalue weighted by molar-refractivity contribution is 6.35. The van der Waals surface area contributed by atoms with Crippen LogP contribution in [0.5, 0.6) is 0 Å². The first-order chi connectivity index (χ1) is 9.11. The summed E-state index contributed by atoms with van der Waals surface area (Å²) >= 11 is 11.9. The first-order valence-electron chi connectivity index (χ1n) is 6.21. The monoisotopic (exact) mass is 317 g/mol. The predicted molar refractivity (Wildman–Crippen MR) is 80.1 cm³/mol. The predicted octanol–water partition coefficient (Wildman–Crippen LogP) is 4.36. The Kier molecular flexibility index (Phi) is 5.54. The average molecular weight is 318 g/mol. The zero-order valence-electron chi connectivity index (χ0n) is 11.7. The minimum absolute atomic E-state index is 0.0321. The van der Waals surface area contributed by atoms with Crippen LogP contribution in [0.25, 0.3) is 0 Å². The highest BCUT2D eigenvalue weighted by atomic mass is 35.5. The number of halogens is 2. The van der Waals surface area contributed by atoms with Crippen molar-refractivity contribution in [3.63, 3.8) is 0 Å². The summed E-state index contributed by atoms with van der Waals surface area (Å²) in [6.07, 6.45) is 0.0891. The fraction of sp³-hybridized carbons (Fsp3) is 0.500. The summed E-state index contributed by atoms with van der Waals surface area (Å²) in [6, 6.07) is 4.80. The molecule has 0 aliphatic rings. The largest absolute Gasteiger partial charge is 0.299 e. The number of carbonyl (C=O) groups excluding carboxylic acids is 1. The molecule has 0 aromatic heterocycles. The number of Topliss-reactive ketones (excluding diaryl/α,β-unsaturated/α-hetero) is 1. The maximum atomic E-state index is 12.1. The van der Waals surface area contributed by atoms with Crippen molar-refractivity contribution in [3.05, 3.63) is 43.9 Å². The van der Waals surface area contributed by atoms with Crippen LogP contribution < -0.4 is 0 Å². The molecule has 0 heterocycles. The number of ketones is 1. The molecule has 0 saturated heterocycles. The van der Waals surface area contributed by atoms with Gasteiger partial charge in [-0.2, -0.15) is 0 Å². The zero-order valence-corrected chi connectivity index (χ0v) is 13.2. The van der Waals surface area contributed by atoms with E-state index in [9.17, 15) is 14.9 Å². The molecule has 0 fully saturated rings. The molecule has 0 aliphatic heterocycles. The van der Waals surface area contributed by atoms with E-state index in [1.54, 1.807) is 32.9 Å². The molecule has 4 nitrogen and oxygen atoms in total. The van der Waals surface area contributed by atoms with Crippen molar-refractivity contribution in [3.8, 4) is 0 Å². The van der Waals surface area contributed by atoms with Crippen LogP contribution in [0.15, 0.2) is 18.2 Å². The molecule has 0 amide bonds. The fourth-order valence-electron chi connectivity index (χ4n) is 1.82. The van der Waals surface area contributed by atoms with Crippen LogP contribution >= 0.6 is 23.2 Å². The third-order valence-corrected chi connectivity index (χ3v) is 3.60. The topological polar surface area (TPSA) is 60.2 Å². The van der Waals surface area contributed by atoms with E-state index in [-0.39, 0.29) is 18.7 Å². The molecule has 1 aromatic rings. The lowest BCUT2D eigenvalue weighted by Crippen LogP contribution is -2.25. The Hall–Kier alpha value is -1.13. The fourth-order valence-corrected chi connectivity index (χ4v) is 2.38. The molecular formula is C14H17Cl2NO3. The van der Waals surface area contributed by atoms with Gasteiger partial charge in [0.05, 0.1) is 5.92 Å². The maximum absolute atomic E-state index is 12.1. The van der Waals surface area contributed by atoms with Gasteiger partial charge in [0.15, 0.2) is 0 Å². The number of rotatable bonds is 5. The number of nitro groups is 1. The Labute approximate surface area is 128 Å². The van der Waals surface area contributed by atoms with Gasteiger partial charge in [-0.1, -0.05) is 50.0 Å². The molecule has 0 saturated carbocycles. The summed E-state index contributed by atoms with van der Waals surface area (Å²) in [5, 5.41) is 11.6. The second kappa shape index (κ2) is 6.55. The molecule has 1 rings (SSSR count). The summed E-state index contributed by atoms with van der Waals surface area (Å²) in [7, 11) is 0. The van der Waals surface area contributed by atoms with E-state index in [1.807, 2.05) is 0 Å². The molecule has 0 N–H and O–H groups in total. The lowest BCUT2D eigenvalue weighted by molar-refractivity contribution is -0.483. The molecule has 1 atom stereocenters. The van der Waals surface area contributed by atoms with Crippen molar-refractivity contribution in [1.82, 2.24) is 0 Å². The van der Waals surface area contributed by atoms with Crippen molar-refractivity contribution in [2.24, 2.45) is 5.41 Å². The lowest BCUT2D eigenvalue weighted by atomic mass is 9.83. The van der Waals surface area contributed by atoms with Gasteiger partial charge < -0.3 is 0 Å². The molecule has 20 heavy (non-hydrogen) atoms. The summed E-state index contributed by atoms with van der Waals surface area (Å²) in [6.45, 7) is 5.05. The number of benzene rings is 1. The standard InChI is InChI=1S/C14H17Cl2NO3/c1-14(2,3)13(18)6-9(8-17(19)20)11-5-4-10(15)7-12(11)16/h4-5,7,9H,6,8H2,1-3H3. The van der Waals surface area contributed by atoms with Gasteiger partial charge in [0.1, 0.15) is 5.78 Å². The summed E-state index contributed by atoms with van der Waals surface area (Å²) in [5.41, 5.74) is 0.0543. The molecule has 6 heteroatoms. The van der Waals surface area contributed by atoms with Crippen molar-refractivity contribution in [1.29, 1.82) is 0 Å². The zero-order chi connectivity index (χ0) is 15.5. The smallest absolute Gasteiger partial charge is 0.211 e. The van der Waals surface area contributed by atoms with Crippen LogP contribution in [0.3, 0.4) is 0 Å². The summed E-state index contributed by atoms with van der Waals surface area (Å²) in [5.74, 6) is -0.572. The number of carbonyl (C=O) groups is 1. The van der Waals surface area contributed by atoms with Crippen LogP contribution in [0.1, 0.15) is 38.7 Å². The van der Waals surface area contributed by atoms with Crippen LogP contribution in [0.2, 0.25) is 10.0 Å². The number of hydrogen-bond donors (Lipinski definition) is 0. The van der Waals surface area contributed by atoms with E-state index >= 15 is 0 Å². The van der Waals surface area contributed by atoms with Gasteiger partial charge in [-0.05, 0) is 17.7 Å². The third-order valence-electron chi connectivity index (χ3n) is 3.04. The van der Waals surface area contributed by atoms with Crippen LogP contribution in [-0.4, -0.2) is 17.3 Å². The molecular weight excluding hydrogens is 301 g/mol. The minimum atomic E-state index is -0.540. The van der Waals surface area contributed by atoms with Crippen LogP contribution in [0.4, 0.5) is 0 Å². The summed E-state index contributed by atoms with van der Waals surface area (Å²) < 4.78 is 0. The second-order valence-electron chi connectivity index (χ2n) is 5.76. The van der Waals surface area contributed by atoms with Gasteiger partial charge in [-0.15, -0.1) is 0 Å². The minimum Gasteiger partial charge on any atom is -0.299 e. The Bertz CT molecular complexity index is 524. The van der Waals surface area contributed by atoms with Gasteiger partial charge in [0.2, 0.25) is 6.54 Å². The Morgan fingerprint density at radius 1 is 1.35 bits per heavy atom. The van der Waals surface area contributed by atoms with E-state index in [1.165, 1.54) is 6.07 Å². The average Bonchev–Trinajstić information content (AvgIpc) is 2.26. The Morgan fingerprint density at radius 2 is 1.95 bits per heavy atom. The molecule has 0 spiro atoms. The third kappa shape index (κ3) is 4.76. The maximum Gasteiger partial charge on any atom is 0.211 e. The molecule has 110 valence electrons. The highest BCUT2D eigenvalue weighted by Crippen LogP contribution is 2.32. The van der Waals surface area contributed by atoms with E-state index < -0.39 is 16.3 Å². The SMILES string of the molecule is CC(C)(C)C(=O)CC(C[N+](=O)[O-])c1ccc(Cl)cc1Cl. The van der Waals surface area contributed by atoms with Crippen molar-refractivity contribution < 1.29 is 9.72 Å². The van der Waals surface area contributed by atoms with E-state index in [2.05, 4.69) is 0 Å². The van der Waals surface area contributed by atoms with Crippen molar-refractivity contribution in [2.75, 3.05) is 6.54 Å². The molecule has 0 aliphatic carbocycles. The highest BCUT2D eigenvalue weighted by Gasteiger charge is 2.29. The molecule has 1 aromatic carbocycles. The van der Waals surface area contributed by atoms with Crippen LogP contribution in [0, 0.1) is 15.5 Å². The van der Waals surface area contributed by atoms with Gasteiger partial charge >= 0.3 is 0 Å². The number of hydrogen-bond acceptors (Lipinski definition) is 3. The molecule has 0 bridgehead atoms. The first-order valence-corrected chi connectivity index (χ1v) is 6.97. The van der Waals surface area contributed by atoms with Gasteiger partial charge in [-0.3, -0.25) is 14.9 Å². The van der Waals surface area contributed by atoms with Crippen molar-refractivity contribution in [2.45, 2.75) is 33.1 Å². The molecule has 1 unspecified atom stereocenters. The molecule has 0 radical (unpaired) electrons. The quantitative estimate of drug-likeness (QED) is 0.598. The number of nitrogens with zero attached hydrogens (tertiary/aromatic N) is 1. The second-order valence-corrected chi connectivity index (χ2v) is 6.60. The summed E-state index contributed by atoms with van der Waals surface area (Å²) in [4.78, 5) is 22.5. The van der Waals surface area contributed by atoms with E-state index in [0.29, 0.717) is 15.6 Å². The lowest BCUT2D eigenvalue weighted by Gasteiger charge is -2.21. The Balaban J connectivity index is 3.06. The normalized spacial score (nSPS) is 13.1. The van der Waals surface area contributed by atoms with E-state index in [4.69, 9.17) is 23.2 Å². The van der Waals surface area contributed by atoms with Crippen molar-refractivity contribution >= 4 is 29.0 Å². The van der Waals surface area contributed by atoms with Gasteiger partial charge in [0.25, 0.3) is 0 Å². The first kappa shape index (κ1) is 16.9. The van der Waals surface area contributed by atoms with Crippen LogP contribution in [-0.2, 0) is 4.79 Å². The van der Waals surface area contributed by atoms with Gasteiger partial charge in [-0.25, -0.2) is 0 Å².